The van der Waals surface area contributed by atoms with Crippen LogP contribution in [0.25, 0.3) is 10.2 Å². The van der Waals surface area contributed by atoms with Crippen LogP contribution in [-0.2, 0) is 26.0 Å². The molecule has 1 aliphatic heterocycles. The van der Waals surface area contributed by atoms with Gasteiger partial charge >= 0.3 is 0 Å². The molecule has 0 spiro atoms. The van der Waals surface area contributed by atoms with E-state index >= 15 is 0 Å². The van der Waals surface area contributed by atoms with E-state index in [2.05, 4.69) is 11.9 Å². The van der Waals surface area contributed by atoms with Crippen LogP contribution in [0.2, 0.25) is 5.02 Å². The highest BCUT2D eigenvalue weighted by Crippen LogP contribution is 2.22. The molecule has 0 saturated carbocycles. The van der Waals surface area contributed by atoms with E-state index in [0.29, 0.717) is 35.4 Å². The molecule has 3 rings (SSSR count). The van der Waals surface area contributed by atoms with Crippen molar-refractivity contribution in [3.8, 4) is 0 Å². The molecule has 0 radical (unpaired) electrons. The number of sulfone groups is 1. The van der Waals surface area contributed by atoms with Crippen molar-refractivity contribution in [3.05, 3.63) is 28.0 Å². The highest BCUT2D eigenvalue weighted by atomic mass is 35.5. The number of amides is 2. The van der Waals surface area contributed by atoms with Crippen molar-refractivity contribution in [1.82, 2.24) is 9.47 Å². The molecule has 0 atom stereocenters. The van der Waals surface area contributed by atoms with Crippen molar-refractivity contribution in [3.63, 3.8) is 0 Å². The molecule has 0 N–H and O–H groups in total. The normalized spacial score (nSPS) is 16.5. The molecule has 1 aliphatic rings. The topological polar surface area (TPSA) is 88.8 Å². The summed E-state index contributed by atoms with van der Waals surface area (Å²) in [6.07, 6.45) is 1.74. The van der Waals surface area contributed by atoms with Crippen LogP contribution in [0, 0.1) is 5.92 Å². The van der Waals surface area contributed by atoms with Crippen molar-refractivity contribution < 1.29 is 18.0 Å². The summed E-state index contributed by atoms with van der Waals surface area (Å²) in [5.41, 5.74) is 0.880. The molecule has 7 nitrogen and oxygen atoms in total. The van der Waals surface area contributed by atoms with Crippen LogP contribution in [0.3, 0.4) is 0 Å². The van der Waals surface area contributed by atoms with Gasteiger partial charge in [-0.05, 0) is 43.9 Å². The molecule has 29 heavy (non-hydrogen) atoms. The molecule has 0 bridgehead atoms. The highest BCUT2D eigenvalue weighted by Gasteiger charge is 2.26. The monoisotopic (exact) mass is 457 g/mol. The zero-order chi connectivity index (χ0) is 21.2. The highest BCUT2D eigenvalue weighted by molar-refractivity contribution is 7.92. The van der Waals surface area contributed by atoms with E-state index in [-0.39, 0.29) is 0 Å². The SMILES string of the molecule is CCn1c(=NC(=O)CS(=O)(=O)CC(=O)N2CCC(C)CC2)sc2cc(Cl)ccc21. The molecule has 158 valence electrons. The molecule has 2 amide bonds. The number of nitrogens with zero attached hydrogens (tertiary/aromatic N) is 3. The fourth-order valence-electron chi connectivity index (χ4n) is 3.35. The smallest absolute Gasteiger partial charge is 0.263 e. The molecule has 1 aromatic heterocycles. The standard InChI is InChI=1S/C19H24ClN3O4S2/c1-3-23-15-5-4-14(20)10-16(15)28-19(23)21-17(24)11-29(26,27)12-18(25)22-8-6-13(2)7-9-22/h4-5,10,13H,3,6-9,11-12H2,1-2H3. The van der Waals surface area contributed by atoms with Gasteiger partial charge in [0.2, 0.25) is 5.91 Å². The third kappa shape index (κ3) is 5.46. The van der Waals surface area contributed by atoms with E-state index in [1.54, 1.807) is 17.0 Å². The summed E-state index contributed by atoms with van der Waals surface area (Å²) in [6.45, 7) is 5.73. The number of hydrogen-bond donors (Lipinski definition) is 0. The maximum atomic E-state index is 12.4. The lowest BCUT2D eigenvalue weighted by Gasteiger charge is -2.30. The zero-order valence-electron chi connectivity index (χ0n) is 16.4. The number of aromatic nitrogens is 1. The van der Waals surface area contributed by atoms with E-state index in [1.165, 1.54) is 11.3 Å². The summed E-state index contributed by atoms with van der Waals surface area (Å²) in [4.78, 5) is 30.6. The maximum absolute atomic E-state index is 12.4. The van der Waals surface area contributed by atoms with Gasteiger partial charge in [0, 0.05) is 24.7 Å². The number of likely N-dealkylation sites (tertiary alicyclic amines) is 1. The van der Waals surface area contributed by atoms with E-state index in [0.717, 1.165) is 23.1 Å². The van der Waals surface area contributed by atoms with Gasteiger partial charge < -0.3 is 9.47 Å². The van der Waals surface area contributed by atoms with Crippen LogP contribution in [-0.4, -0.2) is 54.3 Å². The minimum atomic E-state index is -3.88. The number of carbonyl (C=O) groups excluding carboxylic acids is 2. The lowest BCUT2D eigenvalue weighted by atomic mass is 9.99. The van der Waals surface area contributed by atoms with Crippen molar-refractivity contribution in [1.29, 1.82) is 0 Å². The number of aryl methyl sites for hydroxylation is 1. The predicted octanol–water partition coefficient (Wildman–Crippen LogP) is 2.48. The summed E-state index contributed by atoms with van der Waals surface area (Å²) in [5.74, 6) is -2.10. The predicted molar refractivity (Wildman–Crippen MR) is 115 cm³/mol. The molecule has 2 heterocycles. The number of hydrogen-bond acceptors (Lipinski definition) is 5. The quantitative estimate of drug-likeness (QED) is 0.689. The van der Waals surface area contributed by atoms with Crippen molar-refractivity contribution in [2.45, 2.75) is 33.2 Å². The van der Waals surface area contributed by atoms with E-state index < -0.39 is 33.2 Å². The number of halogens is 1. The van der Waals surface area contributed by atoms with Gasteiger partial charge in [0.05, 0.1) is 10.2 Å². The second-order valence-electron chi connectivity index (χ2n) is 7.34. The summed E-state index contributed by atoms with van der Waals surface area (Å²) < 4.78 is 27.4. The number of benzene rings is 1. The maximum Gasteiger partial charge on any atom is 0.263 e. The van der Waals surface area contributed by atoms with Gasteiger partial charge in [0.25, 0.3) is 5.91 Å². The van der Waals surface area contributed by atoms with Gasteiger partial charge in [-0.3, -0.25) is 9.59 Å². The Kier molecular flexibility index (Phi) is 6.80. The summed E-state index contributed by atoms with van der Waals surface area (Å²) >= 11 is 7.30. The average molecular weight is 458 g/mol. The Labute approximate surface area is 178 Å². The van der Waals surface area contributed by atoms with Gasteiger partial charge in [-0.1, -0.05) is 29.9 Å². The molecule has 1 aromatic carbocycles. The van der Waals surface area contributed by atoms with Gasteiger partial charge in [0.1, 0.15) is 11.5 Å². The first-order valence-electron chi connectivity index (χ1n) is 9.53. The van der Waals surface area contributed by atoms with E-state index in [9.17, 15) is 18.0 Å². The van der Waals surface area contributed by atoms with E-state index in [1.807, 2.05) is 17.6 Å². The number of fused-ring (bicyclic) bond motifs is 1. The Bertz CT molecular complexity index is 1100. The molecule has 0 unspecified atom stereocenters. The lowest BCUT2D eigenvalue weighted by molar-refractivity contribution is -0.129. The van der Waals surface area contributed by atoms with Crippen molar-refractivity contribution in [2.75, 3.05) is 24.6 Å². The first kappa shape index (κ1) is 22.0. The van der Waals surface area contributed by atoms with Crippen LogP contribution in [0.4, 0.5) is 0 Å². The first-order valence-corrected chi connectivity index (χ1v) is 12.5. The fraction of sp³-hybridized carbons (Fsp3) is 0.526. The van der Waals surface area contributed by atoms with Crippen LogP contribution in [0.1, 0.15) is 26.7 Å². The van der Waals surface area contributed by atoms with Crippen LogP contribution >= 0.6 is 22.9 Å². The Morgan fingerprint density at radius 1 is 1.24 bits per heavy atom. The molecular formula is C19H24ClN3O4S2. The molecule has 2 aromatic rings. The first-order chi connectivity index (χ1) is 13.7. The second-order valence-corrected chi connectivity index (χ2v) is 10.9. The lowest BCUT2D eigenvalue weighted by Crippen LogP contribution is -2.41. The van der Waals surface area contributed by atoms with Crippen LogP contribution in [0.5, 0.6) is 0 Å². The Morgan fingerprint density at radius 2 is 1.93 bits per heavy atom. The minimum absolute atomic E-state index is 0.418. The third-order valence-corrected chi connectivity index (χ3v) is 7.65. The van der Waals surface area contributed by atoms with Crippen molar-refractivity contribution >= 4 is 54.8 Å². The third-order valence-electron chi connectivity index (χ3n) is 5.00. The zero-order valence-corrected chi connectivity index (χ0v) is 18.8. The van der Waals surface area contributed by atoms with Crippen molar-refractivity contribution in [2.24, 2.45) is 10.9 Å². The number of piperidine rings is 1. The largest absolute Gasteiger partial charge is 0.342 e. The fourth-order valence-corrected chi connectivity index (χ4v) is 5.84. The summed E-state index contributed by atoms with van der Waals surface area (Å²) in [6, 6.07) is 5.38. The summed E-state index contributed by atoms with van der Waals surface area (Å²) in [7, 11) is -3.88. The number of carbonyl (C=O) groups is 2. The van der Waals surface area contributed by atoms with Crippen LogP contribution in [0.15, 0.2) is 23.2 Å². The molecule has 0 aliphatic carbocycles. The number of rotatable bonds is 5. The molecule has 10 heteroatoms. The van der Waals surface area contributed by atoms with Gasteiger partial charge in [-0.25, -0.2) is 8.42 Å². The average Bonchev–Trinajstić information content (AvgIpc) is 2.96. The van der Waals surface area contributed by atoms with E-state index in [4.69, 9.17) is 11.6 Å². The number of thiazole rings is 1. The molecule has 1 fully saturated rings. The Balaban J connectivity index is 1.74. The Morgan fingerprint density at radius 3 is 2.59 bits per heavy atom. The minimum Gasteiger partial charge on any atom is -0.342 e. The van der Waals surface area contributed by atoms with Gasteiger partial charge in [-0.2, -0.15) is 4.99 Å². The van der Waals surface area contributed by atoms with Crippen LogP contribution < -0.4 is 4.80 Å². The van der Waals surface area contributed by atoms with Gasteiger partial charge in [0.15, 0.2) is 14.6 Å². The second kappa shape index (κ2) is 8.97. The summed E-state index contributed by atoms with van der Waals surface area (Å²) in [5, 5.41) is 0.577. The Hall–Kier alpha value is -1.71. The molecular weight excluding hydrogens is 434 g/mol. The molecule has 1 saturated heterocycles. The van der Waals surface area contributed by atoms with Gasteiger partial charge in [-0.15, -0.1) is 0 Å².